The maximum atomic E-state index is 11.7. The molecule has 6 heteroatoms. The van der Waals surface area contributed by atoms with E-state index in [2.05, 4.69) is 10.6 Å². The van der Waals surface area contributed by atoms with Crippen LogP contribution in [0.25, 0.3) is 0 Å². The van der Waals surface area contributed by atoms with E-state index in [9.17, 15) is 9.59 Å². The van der Waals surface area contributed by atoms with Crippen LogP contribution in [0.5, 0.6) is 5.75 Å². The molecule has 3 N–H and O–H groups in total. The van der Waals surface area contributed by atoms with Crippen LogP contribution in [0, 0.1) is 0 Å². The highest BCUT2D eigenvalue weighted by atomic mass is 35.5. The molecule has 102 valence electrons. The lowest BCUT2D eigenvalue weighted by Gasteiger charge is -2.06. The molecule has 0 fully saturated rings. The number of amides is 2. The number of carbonyl (C=O) groups is 2. The van der Waals surface area contributed by atoms with Gasteiger partial charge in [0.1, 0.15) is 5.75 Å². The van der Waals surface area contributed by atoms with Gasteiger partial charge in [-0.15, -0.1) is 0 Å². The summed E-state index contributed by atoms with van der Waals surface area (Å²) < 4.78 is 0. The summed E-state index contributed by atoms with van der Waals surface area (Å²) in [6.07, 6.45) is 0. The predicted molar refractivity (Wildman–Crippen MR) is 76.8 cm³/mol. The van der Waals surface area contributed by atoms with Gasteiger partial charge in [-0.2, -0.15) is 0 Å². The van der Waals surface area contributed by atoms with E-state index in [-0.39, 0.29) is 5.75 Å². The zero-order chi connectivity index (χ0) is 14.5. The molecule has 0 aromatic heterocycles. The van der Waals surface area contributed by atoms with Gasteiger partial charge in [-0.25, -0.2) is 0 Å². The van der Waals surface area contributed by atoms with Gasteiger partial charge in [0.15, 0.2) is 0 Å². The monoisotopic (exact) mass is 290 g/mol. The van der Waals surface area contributed by atoms with Gasteiger partial charge in [-0.05, 0) is 42.5 Å². The van der Waals surface area contributed by atoms with Gasteiger partial charge >= 0.3 is 11.8 Å². The van der Waals surface area contributed by atoms with E-state index in [0.717, 1.165) is 0 Å². The summed E-state index contributed by atoms with van der Waals surface area (Å²) >= 11 is 5.78. The first-order valence-corrected chi connectivity index (χ1v) is 6.09. The predicted octanol–water partition coefficient (Wildman–Crippen LogP) is 2.62. The summed E-state index contributed by atoms with van der Waals surface area (Å²) in [6, 6.07) is 12.3. The average Bonchev–Trinajstić information content (AvgIpc) is 2.41. The molecule has 0 heterocycles. The SMILES string of the molecule is O=C(Nc1ccc(O)cc1)C(=O)Nc1cccc(Cl)c1. The fourth-order valence-corrected chi connectivity index (χ4v) is 1.68. The van der Waals surface area contributed by atoms with Crippen molar-refractivity contribution in [2.45, 2.75) is 0 Å². The Labute approximate surface area is 120 Å². The van der Waals surface area contributed by atoms with Crippen molar-refractivity contribution in [1.82, 2.24) is 0 Å². The van der Waals surface area contributed by atoms with Gasteiger partial charge in [0, 0.05) is 16.4 Å². The Bertz CT molecular complexity index is 641. The molecule has 5 nitrogen and oxygen atoms in total. The Hall–Kier alpha value is -2.53. The largest absolute Gasteiger partial charge is 0.508 e. The molecule has 0 aliphatic rings. The number of nitrogens with one attached hydrogen (secondary N) is 2. The Morgan fingerprint density at radius 1 is 0.900 bits per heavy atom. The molecule has 0 aliphatic carbocycles. The summed E-state index contributed by atoms with van der Waals surface area (Å²) in [5.74, 6) is -1.54. The summed E-state index contributed by atoms with van der Waals surface area (Å²) in [4.78, 5) is 23.3. The van der Waals surface area contributed by atoms with Crippen molar-refractivity contribution in [3.05, 3.63) is 53.6 Å². The Kier molecular flexibility index (Phi) is 4.22. The zero-order valence-electron chi connectivity index (χ0n) is 10.3. The zero-order valence-corrected chi connectivity index (χ0v) is 11.0. The van der Waals surface area contributed by atoms with E-state index < -0.39 is 11.8 Å². The second kappa shape index (κ2) is 6.08. The molecule has 20 heavy (non-hydrogen) atoms. The minimum Gasteiger partial charge on any atom is -0.508 e. The van der Waals surface area contributed by atoms with Gasteiger partial charge in [-0.3, -0.25) is 9.59 Å². The third-order valence-electron chi connectivity index (χ3n) is 2.41. The number of phenols is 1. The molecule has 0 radical (unpaired) electrons. The van der Waals surface area contributed by atoms with Crippen molar-refractivity contribution in [2.75, 3.05) is 10.6 Å². The molecule has 2 rings (SSSR count). The second-order valence-electron chi connectivity index (χ2n) is 3.97. The maximum absolute atomic E-state index is 11.7. The number of rotatable bonds is 2. The fraction of sp³-hybridized carbons (Fsp3) is 0. The lowest BCUT2D eigenvalue weighted by molar-refractivity contribution is -0.132. The molecular weight excluding hydrogens is 280 g/mol. The van der Waals surface area contributed by atoms with Gasteiger partial charge in [0.05, 0.1) is 0 Å². The van der Waals surface area contributed by atoms with Crippen LogP contribution >= 0.6 is 11.6 Å². The first kappa shape index (κ1) is 13.9. The van der Waals surface area contributed by atoms with Crippen LogP contribution in [0.2, 0.25) is 5.02 Å². The Morgan fingerprint density at radius 3 is 2.10 bits per heavy atom. The first-order chi connectivity index (χ1) is 9.54. The van der Waals surface area contributed by atoms with E-state index >= 15 is 0 Å². The number of halogens is 1. The molecule has 0 atom stereocenters. The second-order valence-corrected chi connectivity index (χ2v) is 4.40. The van der Waals surface area contributed by atoms with E-state index in [0.29, 0.717) is 16.4 Å². The van der Waals surface area contributed by atoms with Crippen LogP contribution in [-0.4, -0.2) is 16.9 Å². The van der Waals surface area contributed by atoms with Crippen LogP contribution in [0.1, 0.15) is 0 Å². The van der Waals surface area contributed by atoms with Crippen molar-refractivity contribution in [2.24, 2.45) is 0 Å². The van der Waals surface area contributed by atoms with Crippen LogP contribution in [0.15, 0.2) is 48.5 Å². The minimum absolute atomic E-state index is 0.0753. The van der Waals surface area contributed by atoms with Crippen LogP contribution in [0.3, 0.4) is 0 Å². The summed E-state index contributed by atoms with van der Waals surface area (Å²) in [7, 11) is 0. The highest BCUT2D eigenvalue weighted by Gasteiger charge is 2.14. The van der Waals surface area contributed by atoms with Crippen LogP contribution in [-0.2, 0) is 9.59 Å². The van der Waals surface area contributed by atoms with Gasteiger partial charge in [0.2, 0.25) is 0 Å². The third kappa shape index (κ3) is 3.73. The fourth-order valence-electron chi connectivity index (χ4n) is 1.49. The minimum atomic E-state index is -0.810. The van der Waals surface area contributed by atoms with E-state index in [1.54, 1.807) is 18.2 Å². The summed E-state index contributed by atoms with van der Waals surface area (Å²) in [6.45, 7) is 0. The highest BCUT2D eigenvalue weighted by molar-refractivity contribution is 6.43. The van der Waals surface area contributed by atoms with Crippen molar-refractivity contribution >= 4 is 34.8 Å². The summed E-state index contributed by atoms with van der Waals surface area (Å²) in [5, 5.41) is 14.4. The van der Waals surface area contributed by atoms with Crippen molar-refractivity contribution < 1.29 is 14.7 Å². The molecule has 0 saturated heterocycles. The lowest BCUT2D eigenvalue weighted by atomic mass is 10.3. The quantitative estimate of drug-likeness (QED) is 0.587. The van der Waals surface area contributed by atoms with Crippen LogP contribution < -0.4 is 10.6 Å². The molecule has 0 saturated carbocycles. The molecule has 2 aromatic rings. The first-order valence-electron chi connectivity index (χ1n) is 5.71. The molecule has 2 aromatic carbocycles. The van der Waals surface area contributed by atoms with E-state index in [1.165, 1.54) is 30.3 Å². The molecule has 0 bridgehead atoms. The molecule has 0 unspecified atom stereocenters. The smallest absolute Gasteiger partial charge is 0.314 e. The number of aromatic hydroxyl groups is 1. The third-order valence-corrected chi connectivity index (χ3v) is 2.65. The van der Waals surface area contributed by atoms with E-state index in [4.69, 9.17) is 16.7 Å². The maximum Gasteiger partial charge on any atom is 0.314 e. The number of hydrogen-bond donors (Lipinski definition) is 3. The number of carbonyl (C=O) groups excluding carboxylic acids is 2. The Morgan fingerprint density at radius 2 is 1.50 bits per heavy atom. The Balaban J connectivity index is 1.98. The van der Waals surface area contributed by atoms with Crippen molar-refractivity contribution in [3.63, 3.8) is 0 Å². The van der Waals surface area contributed by atoms with Gasteiger partial charge in [0.25, 0.3) is 0 Å². The topological polar surface area (TPSA) is 78.4 Å². The average molecular weight is 291 g/mol. The molecule has 0 aliphatic heterocycles. The molecule has 2 amide bonds. The number of benzene rings is 2. The summed E-state index contributed by atoms with van der Waals surface area (Å²) in [5.41, 5.74) is 0.845. The molecular formula is C14H11ClN2O3. The van der Waals surface area contributed by atoms with Gasteiger partial charge < -0.3 is 15.7 Å². The normalized spacial score (nSPS) is 9.85. The highest BCUT2D eigenvalue weighted by Crippen LogP contribution is 2.16. The number of anilines is 2. The van der Waals surface area contributed by atoms with Crippen molar-refractivity contribution in [1.29, 1.82) is 0 Å². The molecule has 0 spiro atoms. The van der Waals surface area contributed by atoms with Crippen LogP contribution in [0.4, 0.5) is 11.4 Å². The lowest BCUT2D eigenvalue weighted by Crippen LogP contribution is -2.29. The van der Waals surface area contributed by atoms with E-state index in [1.807, 2.05) is 0 Å². The number of phenolic OH excluding ortho intramolecular Hbond substituents is 1. The van der Waals surface area contributed by atoms with Crippen molar-refractivity contribution in [3.8, 4) is 5.75 Å². The van der Waals surface area contributed by atoms with Gasteiger partial charge in [-0.1, -0.05) is 17.7 Å². The number of hydrogen-bond acceptors (Lipinski definition) is 3. The standard InChI is InChI=1S/C14H11ClN2O3/c15-9-2-1-3-11(8-9)17-14(20)13(19)16-10-4-6-12(18)7-5-10/h1-8,18H,(H,16,19)(H,17,20).